The number of aryl methyl sites for hydroxylation is 1. The van der Waals surface area contributed by atoms with E-state index in [4.69, 9.17) is 16.5 Å². The third-order valence-electron chi connectivity index (χ3n) is 7.41. The second-order valence-electron chi connectivity index (χ2n) is 11.8. The van der Waals surface area contributed by atoms with Crippen LogP contribution in [-0.4, -0.2) is 61.1 Å². The lowest BCUT2D eigenvalue weighted by Crippen LogP contribution is -2.44. The van der Waals surface area contributed by atoms with Gasteiger partial charge in [-0.05, 0) is 67.3 Å². The van der Waals surface area contributed by atoms with Gasteiger partial charge in [-0.1, -0.05) is 39.8 Å². The number of carbonyl (C=O) groups excluding carboxylic acids is 2. The van der Waals surface area contributed by atoms with Crippen LogP contribution < -0.4 is 22.1 Å². The predicted molar refractivity (Wildman–Crippen MR) is 160 cm³/mol. The minimum absolute atomic E-state index is 0.132. The van der Waals surface area contributed by atoms with Crippen LogP contribution in [-0.2, 0) is 16.0 Å². The number of aromatic nitrogens is 1. The second-order valence-corrected chi connectivity index (χ2v) is 11.8. The SMILES string of the molecule is CCc1cc(NC(=O)[C@H](CCC(C)CNC=O)c2ccc(C=NC3CN(C)CC(C)(C)C3)c(N)c2)cnc1N. The average Bonchev–Trinajstić information content (AvgIpc) is 2.87. The maximum atomic E-state index is 13.5. The molecule has 3 atom stereocenters. The lowest BCUT2D eigenvalue weighted by molar-refractivity contribution is -0.118. The molecular formula is C30H45N7O2. The highest BCUT2D eigenvalue weighted by Crippen LogP contribution is 2.31. The van der Waals surface area contributed by atoms with Crippen molar-refractivity contribution in [3.8, 4) is 0 Å². The summed E-state index contributed by atoms with van der Waals surface area (Å²) in [6.07, 6.45) is 7.27. The molecule has 1 aromatic carbocycles. The summed E-state index contributed by atoms with van der Waals surface area (Å²) in [4.78, 5) is 35.7. The van der Waals surface area contributed by atoms with E-state index < -0.39 is 5.92 Å². The normalized spacial score (nSPS) is 18.9. The van der Waals surface area contributed by atoms with Crippen molar-refractivity contribution >= 4 is 35.7 Å². The number of benzene rings is 1. The Labute approximate surface area is 232 Å². The number of aliphatic imine (C=N–C) groups is 1. The summed E-state index contributed by atoms with van der Waals surface area (Å²) >= 11 is 0. The molecule has 6 N–H and O–H groups in total. The van der Waals surface area contributed by atoms with E-state index in [1.54, 1.807) is 6.20 Å². The van der Waals surface area contributed by atoms with Crippen LogP contribution in [0.1, 0.15) is 69.6 Å². The third kappa shape index (κ3) is 8.78. The fraction of sp³-hybridized carbons (Fsp3) is 0.533. The third-order valence-corrected chi connectivity index (χ3v) is 7.41. The fourth-order valence-electron chi connectivity index (χ4n) is 5.49. The molecule has 2 unspecified atom stereocenters. The molecule has 1 aromatic heterocycles. The quantitative estimate of drug-likeness (QED) is 0.185. The standard InChI is InChI=1S/C30H45N7O2/c1-6-21-11-24(16-35-28(21)32)36-29(39)26(10-7-20(2)14-33-19-38)22-8-9-23(27(31)12-22)15-34-25-13-30(3,4)18-37(5)17-25/h8-9,11-12,15-16,19-20,25-26H,6-7,10,13-14,17-18,31H2,1-5H3,(H2,32,35)(H,33,38)(H,36,39)/t20?,25?,26-/m1/s1. The molecule has 2 aromatic rings. The Hall–Kier alpha value is -3.46. The molecule has 0 saturated carbocycles. The molecule has 9 nitrogen and oxygen atoms in total. The number of amides is 2. The molecule has 0 radical (unpaired) electrons. The molecule has 2 amide bonds. The Morgan fingerprint density at radius 1 is 1.28 bits per heavy atom. The maximum absolute atomic E-state index is 13.5. The van der Waals surface area contributed by atoms with Crippen LogP contribution in [0.4, 0.5) is 17.2 Å². The summed E-state index contributed by atoms with van der Waals surface area (Å²) in [5.74, 6) is 0.133. The zero-order valence-corrected chi connectivity index (χ0v) is 24.0. The minimum Gasteiger partial charge on any atom is -0.398 e. The number of hydrogen-bond acceptors (Lipinski definition) is 7. The predicted octanol–water partition coefficient (Wildman–Crippen LogP) is 3.84. The van der Waals surface area contributed by atoms with Gasteiger partial charge in [-0.15, -0.1) is 0 Å². The first kappa shape index (κ1) is 30.1. The van der Waals surface area contributed by atoms with Crippen LogP contribution in [0.3, 0.4) is 0 Å². The van der Waals surface area contributed by atoms with Gasteiger partial charge in [0.15, 0.2) is 0 Å². The number of anilines is 3. The molecule has 212 valence electrons. The van der Waals surface area contributed by atoms with E-state index in [-0.39, 0.29) is 23.3 Å². The van der Waals surface area contributed by atoms with E-state index in [2.05, 4.69) is 48.3 Å². The van der Waals surface area contributed by atoms with Crippen molar-refractivity contribution in [1.82, 2.24) is 15.2 Å². The minimum atomic E-state index is -0.424. The van der Waals surface area contributed by atoms with Crippen LogP contribution in [0.2, 0.25) is 0 Å². The zero-order valence-electron chi connectivity index (χ0n) is 24.0. The monoisotopic (exact) mass is 535 g/mol. The first-order valence-electron chi connectivity index (χ1n) is 13.8. The van der Waals surface area contributed by atoms with Gasteiger partial charge in [-0.3, -0.25) is 14.6 Å². The Kier molecular flexibility index (Phi) is 10.5. The summed E-state index contributed by atoms with van der Waals surface area (Å²) in [5, 5.41) is 5.75. The molecule has 0 spiro atoms. The Morgan fingerprint density at radius 3 is 2.72 bits per heavy atom. The van der Waals surface area contributed by atoms with Crippen LogP contribution in [0.15, 0.2) is 35.5 Å². The van der Waals surface area contributed by atoms with Crippen molar-refractivity contribution in [2.45, 2.75) is 65.3 Å². The van der Waals surface area contributed by atoms with Gasteiger partial charge >= 0.3 is 0 Å². The number of nitrogens with one attached hydrogen (secondary N) is 2. The van der Waals surface area contributed by atoms with Gasteiger partial charge in [-0.25, -0.2) is 4.98 Å². The lowest BCUT2D eigenvalue weighted by Gasteiger charge is -2.39. The van der Waals surface area contributed by atoms with Gasteiger partial charge in [0.1, 0.15) is 5.82 Å². The van der Waals surface area contributed by atoms with Crippen LogP contribution in [0.25, 0.3) is 0 Å². The lowest BCUT2D eigenvalue weighted by atomic mass is 9.82. The first-order chi connectivity index (χ1) is 18.5. The van der Waals surface area contributed by atoms with Gasteiger partial charge in [0.2, 0.25) is 12.3 Å². The number of hydrogen-bond donors (Lipinski definition) is 4. The average molecular weight is 536 g/mol. The molecule has 9 heteroatoms. The molecule has 1 aliphatic heterocycles. The molecular weight excluding hydrogens is 490 g/mol. The number of nitrogen functional groups attached to an aromatic ring is 2. The van der Waals surface area contributed by atoms with Crippen molar-refractivity contribution in [3.63, 3.8) is 0 Å². The van der Waals surface area contributed by atoms with Gasteiger partial charge < -0.3 is 27.0 Å². The van der Waals surface area contributed by atoms with Gasteiger partial charge in [0.05, 0.1) is 23.8 Å². The number of piperidine rings is 1. The number of likely N-dealkylation sites (tertiary alicyclic amines) is 1. The van der Waals surface area contributed by atoms with Gasteiger partial charge in [0, 0.05) is 37.1 Å². The van der Waals surface area contributed by atoms with E-state index in [0.717, 1.165) is 49.0 Å². The van der Waals surface area contributed by atoms with E-state index in [1.807, 2.05) is 37.4 Å². The van der Waals surface area contributed by atoms with Gasteiger partial charge in [-0.2, -0.15) is 0 Å². The van der Waals surface area contributed by atoms with E-state index in [9.17, 15) is 9.59 Å². The van der Waals surface area contributed by atoms with Crippen molar-refractivity contribution in [2.75, 3.05) is 43.5 Å². The summed E-state index contributed by atoms with van der Waals surface area (Å²) in [5.41, 5.74) is 16.4. The summed E-state index contributed by atoms with van der Waals surface area (Å²) < 4.78 is 0. The van der Waals surface area contributed by atoms with Crippen LogP contribution >= 0.6 is 0 Å². The summed E-state index contributed by atoms with van der Waals surface area (Å²) in [7, 11) is 2.14. The highest BCUT2D eigenvalue weighted by atomic mass is 16.2. The maximum Gasteiger partial charge on any atom is 0.231 e. The molecule has 39 heavy (non-hydrogen) atoms. The summed E-state index contributed by atoms with van der Waals surface area (Å²) in [6.45, 7) is 11.2. The zero-order chi connectivity index (χ0) is 28.6. The number of pyridine rings is 1. The Balaban J connectivity index is 1.80. The number of nitrogens with zero attached hydrogens (tertiary/aromatic N) is 3. The highest BCUT2D eigenvalue weighted by Gasteiger charge is 2.30. The number of nitrogens with two attached hydrogens (primary N) is 2. The number of rotatable bonds is 12. The molecule has 0 bridgehead atoms. The van der Waals surface area contributed by atoms with E-state index >= 15 is 0 Å². The number of likely N-dealkylation sites (N-methyl/N-ethyl adjacent to an activating group) is 1. The molecule has 0 aliphatic carbocycles. The summed E-state index contributed by atoms with van der Waals surface area (Å²) in [6, 6.07) is 7.89. The fourth-order valence-corrected chi connectivity index (χ4v) is 5.49. The topological polar surface area (TPSA) is 139 Å². The highest BCUT2D eigenvalue weighted by molar-refractivity contribution is 5.96. The largest absolute Gasteiger partial charge is 0.398 e. The van der Waals surface area contributed by atoms with E-state index in [1.165, 1.54) is 0 Å². The second kappa shape index (κ2) is 13.6. The number of carbonyl (C=O) groups is 2. The van der Waals surface area contributed by atoms with Crippen molar-refractivity contribution in [3.05, 3.63) is 47.2 Å². The van der Waals surface area contributed by atoms with Crippen LogP contribution in [0, 0.1) is 11.3 Å². The van der Waals surface area contributed by atoms with Crippen molar-refractivity contribution < 1.29 is 9.59 Å². The van der Waals surface area contributed by atoms with Crippen LogP contribution in [0.5, 0.6) is 0 Å². The Bertz CT molecular complexity index is 1160. The molecule has 3 rings (SSSR count). The smallest absolute Gasteiger partial charge is 0.231 e. The first-order valence-corrected chi connectivity index (χ1v) is 13.8. The van der Waals surface area contributed by atoms with Crippen molar-refractivity contribution in [1.29, 1.82) is 0 Å². The molecule has 2 heterocycles. The van der Waals surface area contributed by atoms with Crippen molar-refractivity contribution in [2.24, 2.45) is 16.3 Å². The molecule has 1 aliphatic rings. The molecule has 1 saturated heterocycles. The van der Waals surface area contributed by atoms with Gasteiger partial charge in [0.25, 0.3) is 0 Å². The van der Waals surface area contributed by atoms with E-state index in [0.29, 0.717) is 36.6 Å². The molecule has 1 fully saturated rings. The Morgan fingerprint density at radius 2 is 2.05 bits per heavy atom.